The smallest absolute Gasteiger partial charge is 0.151 e. The van der Waals surface area contributed by atoms with Gasteiger partial charge in [-0.3, -0.25) is 0 Å². The summed E-state index contributed by atoms with van der Waals surface area (Å²) in [7, 11) is -1.23. The highest BCUT2D eigenvalue weighted by Crippen LogP contribution is 2.20. The quantitative estimate of drug-likeness (QED) is 0.834. The molecule has 5 heteroatoms. The van der Waals surface area contributed by atoms with E-state index in [4.69, 9.17) is 4.74 Å². The number of nitrogens with one attached hydrogen (secondary N) is 1. The van der Waals surface area contributed by atoms with Gasteiger partial charge in [-0.25, -0.2) is 8.42 Å². The van der Waals surface area contributed by atoms with Crippen LogP contribution >= 0.6 is 0 Å². The van der Waals surface area contributed by atoms with Crippen molar-refractivity contribution in [2.45, 2.75) is 32.9 Å². The molecule has 0 spiro atoms. The Morgan fingerprint density at radius 2 is 1.79 bits per heavy atom. The second-order valence-electron chi connectivity index (χ2n) is 4.78. The zero-order valence-corrected chi connectivity index (χ0v) is 12.8. The Labute approximate surface area is 116 Å². The average Bonchev–Trinajstić information content (AvgIpc) is 2.36. The fourth-order valence-corrected chi connectivity index (χ4v) is 2.87. The molecule has 0 amide bonds. The van der Waals surface area contributed by atoms with Gasteiger partial charge in [0.05, 0.1) is 11.9 Å². The van der Waals surface area contributed by atoms with Crippen molar-refractivity contribution < 1.29 is 13.2 Å². The summed E-state index contributed by atoms with van der Waals surface area (Å²) < 4.78 is 28.9. The van der Waals surface area contributed by atoms with E-state index in [9.17, 15) is 8.42 Å². The van der Waals surface area contributed by atoms with Crippen LogP contribution < -0.4 is 10.1 Å². The first-order valence-electron chi connectivity index (χ1n) is 6.52. The Hall–Kier alpha value is -1.07. The molecule has 0 saturated heterocycles. The van der Waals surface area contributed by atoms with Crippen LogP contribution in [-0.2, 0) is 9.84 Å². The highest BCUT2D eigenvalue weighted by Gasteiger charge is 2.17. The summed E-state index contributed by atoms with van der Waals surface area (Å²) in [5.41, 5.74) is 0.954. The third-order valence-electron chi connectivity index (χ3n) is 2.86. The lowest BCUT2D eigenvalue weighted by Crippen LogP contribution is -2.26. The Morgan fingerprint density at radius 1 is 1.21 bits per heavy atom. The highest BCUT2D eigenvalue weighted by molar-refractivity contribution is 7.91. The van der Waals surface area contributed by atoms with Crippen molar-refractivity contribution in [1.29, 1.82) is 0 Å². The van der Waals surface area contributed by atoms with Crippen LogP contribution in [0.25, 0.3) is 0 Å². The molecule has 1 atom stereocenters. The van der Waals surface area contributed by atoms with E-state index in [0.717, 1.165) is 11.3 Å². The second-order valence-corrected chi connectivity index (χ2v) is 7.17. The minimum absolute atomic E-state index is 0.115. The van der Waals surface area contributed by atoms with Gasteiger partial charge in [-0.05, 0) is 38.6 Å². The molecule has 108 valence electrons. The fourth-order valence-electron chi connectivity index (χ4n) is 1.77. The summed E-state index contributed by atoms with van der Waals surface area (Å²) in [6, 6.07) is 7.38. The maximum atomic E-state index is 11.7. The molecule has 0 saturated carbocycles. The Bertz CT molecular complexity index is 480. The SMILES string of the molecule is CCS(=O)(=O)CC(NC)c1ccc(OC(C)C)cc1. The topological polar surface area (TPSA) is 55.4 Å². The molecule has 1 aromatic carbocycles. The normalized spacial score (nSPS) is 13.5. The van der Waals surface area contributed by atoms with Crippen LogP contribution in [0.1, 0.15) is 32.4 Å². The molecule has 0 heterocycles. The first-order chi connectivity index (χ1) is 8.88. The molecule has 0 aliphatic heterocycles. The van der Waals surface area contributed by atoms with Crippen molar-refractivity contribution in [2.75, 3.05) is 18.6 Å². The summed E-state index contributed by atoms with van der Waals surface area (Å²) in [6.07, 6.45) is 0.131. The second kappa shape index (κ2) is 6.91. The molecule has 1 unspecified atom stereocenters. The lowest BCUT2D eigenvalue weighted by atomic mass is 10.1. The van der Waals surface area contributed by atoms with E-state index in [1.165, 1.54) is 0 Å². The molecule has 0 radical (unpaired) electrons. The lowest BCUT2D eigenvalue weighted by molar-refractivity contribution is 0.242. The summed E-state index contributed by atoms with van der Waals surface area (Å²) in [4.78, 5) is 0. The van der Waals surface area contributed by atoms with Crippen LogP contribution in [0, 0.1) is 0 Å². The van der Waals surface area contributed by atoms with E-state index < -0.39 is 9.84 Å². The van der Waals surface area contributed by atoms with Gasteiger partial charge in [-0.15, -0.1) is 0 Å². The van der Waals surface area contributed by atoms with Crippen molar-refractivity contribution in [3.8, 4) is 5.75 Å². The predicted molar refractivity (Wildman–Crippen MR) is 78.3 cm³/mol. The molecule has 0 aliphatic rings. The predicted octanol–water partition coefficient (Wildman–Crippen LogP) is 2.17. The number of rotatable bonds is 7. The molecular formula is C14H23NO3S. The van der Waals surface area contributed by atoms with Gasteiger partial charge in [0.2, 0.25) is 0 Å². The molecule has 0 bridgehead atoms. The van der Waals surface area contributed by atoms with Gasteiger partial charge >= 0.3 is 0 Å². The van der Waals surface area contributed by atoms with Crippen molar-refractivity contribution in [3.63, 3.8) is 0 Å². The maximum absolute atomic E-state index is 11.7. The van der Waals surface area contributed by atoms with Gasteiger partial charge in [-0.2, -0.15) is 0 Å². The maximum Gasteiger partial charge on any atom is 0.151 e. The highest BCUT2D eigenvalue weighted by atomic mass is 32.2. The monoisotopic (exact) mass is 285 g/mol. The van der Waals surface area contributed by atoms with E-state index in [0.29, 0.717) is 0 Å². The molecular weight excluding hydrogens is 262 g/mol. The van der Waals surface area contributed by atoms with Gasteiger partial charge in [0.25, 0.3) is 0 Å². The van der Waals surface area contributed by atoms with Crippen molar-refractivity contribution >= 4 is 9.84 Å². The summed E-state index contributed by atoms with van der Waals surface area (Å²) in [5.74, 6) is 1.08. The summed E-state index contributed by atoms with van der Waals surface area (Å²) in [6.45, 7) is 5.61. The van der Waals surface area contributed by atoms with Crippen molar-refractivity contribution in [3.05, 3.63) is 29.8 Å². The van der Waals surface area contributed by atoms with E-state index in [-0.39, 0.29) is 23.7 Å². The average molecular weight is 285 g/mol. The number of benzene rings is 1. The van der Waals surface area contributed by atoms with E-state index >= 15 is 0 Å². The molecule has 4 nitrogen and oxygen atoms in total. The first-order valence-corrected chi connectivity index (χ1v) is 8.34. The molecule has 19 heavy (non-hydrogen) atoms. The fraction of sp³-hybridized carbons (Fsp3) is 0.571. The zero-order valence-electron chi connectivity index (χ0n) is 12.0. The number of ether oxygens (including phenoxy) is 1. The Balaban J connectivity index is 2.82. The molecule has 1 aromatic rings. The van der Waals surface area contributed by atoms with E-state index in [2.05, 4.69) is 5.32 Å². The minimum Gasteiger partial charge on any atom is -0.491 e. The van der Waals surface area contributed by atoms with Crippen LogP contribution in [-0.4, -0.2) is 33.1 Å². The van der Waals surface area contributed by atoms with Crippen molar-refractivity contribution in [2.24, 2.45) is 0 Å². The molecule has 0 fully saturated rings. The molecule has 1 rings (SSSR count). The van der Waals surface area contributed by atoms with Crippen molar-refractivity contribution in [1.82, 2.24) is 5.32 Å². The lowest BCUT2D eigenvalue weighted by Gasteiger charge is -2.17. The third kappa shape index (κ3) is 5.20. The van der Waals surface area contributed by atoms with Gasteiger partial charge in [0.1, 0.15) is 5.75 Å². The van der Waals surface area contributed by atoms with Crippen LogP contribution in [0.15, 0.2) is 24.3 Å². The summed E-state index contributed by atoms with van der Waals surface area (Å²) >= 11 is 0. The largest absolute Gasteiger partial charge is 0.491 e. The van der Waals surface area contributed by atoms with Crippen LogP contribution in [0.4, 0.5) is 0 Å². The van der Waals surface area contributed by atoms with E-state index in [1.807, 2.05) is 38.1 Å². The summed E-state index contributed by atoms with van der Waals surface area (Å²) in [5, 5.41) is 3.05. The van der Waals surface area contributed by atoms with E-state index in [1.54, 1.807) is 14.0 Å². The van der Waals surface area contributed by atoms with Crippen LogP contribution in [0.5, 0.6) is 5.75 Å². The number of sulfone groups is 1. The third-order valence-corrected chi connectivity index (χ3v) is 4.58. The number of hydrogen-bond acceptors (Lipinski definition) is 4. The first kappa shape index (κ1) is 16.0. The van der Waals surface area contributed by atoms with Gasteiger partial charge in [-0.1, -0.05) is 19.1 Å². The molecule has 0 aromatic heterocycles. The van der Waals surface area contributed by atoms with Gasteiger partial charge < -0.3 is 10.1 Å². The standard InChI is InChI=1S/C14H23NO3S/c1-5-19(16,17)10-14(15-4)12-6-8-13(9-7-12)18-11(2)3/h6-9,11,14-15H,5,10H2,1-4H3. The number of hydrogen-bond donors (Lipinski definition) is 1. The van der Waals surface area contributed by atoms with Gasteiger partial charge in [0.15, 0.2) is 9.84 Å². The zero-order chi connectivity index (χ0) is 14.5. The Morgan fingerprint density at radius 3 is 2.21 bits per heavy atom. The Kier molecular flexibility index (Phi) is 5.82. The van der Waals surface area contributed by atoms with Crippen LogP contribution in [0.2, 0.25) is 0 Å². The van der Waals surface area contributed by atoms with Gasteiger partial charge in [0, 0.05) is 11.8 Å². The minimum atomic E-state index is -3.00. The van der Waals surface area contributed by atoms with Crippen LogP contribution in [0.3, 0.4) is 0 Å². The molecule has 1 N–H and O–H groups in total. The molecule has 0 aliphatic carbocycles.